The van der Waals surface area contributed by atoms with Crippen molar-refractivity contribution in [1.29, 1.82) is 0 Å². The van der Waals surface area contributed by atoms with E-state index < -0.39 is 0 Å². The minimum Gasteiger partial charge on any atom is -0.379 e. The van der Waals surface area contributed by atoms with E-state index in [9.17, 15) is 0 Å². The lowest BCUT2D eigenvalue weighted by Gasteiger charge is -2.12. The van der Waals surface area contributed by atoms with Crippen LogP contribution >= 0.6 is 15.9 Å². The van der Waals surface area contributed by atoms with Crippen molar-refractivity contribution < 1.29 is 4.74 Å². The smallest absolute Gasteiger partial charge is 0.223 e. The van der Waals surface area contributed by atoms with Gasteiger partial charge in [0.2, 0.25) is 5.95 Å². The third-order valence-electron chi connectivity index (χ3n) is 3.73. The van der Waals surface area contributed by atoms with Crippen molar-refractivity contribution in [3.05, 3.63) is 41.3 Å². The fourth-order valence-corrected chi connectivity index (χ4v) is 2.95. The topological polar surface area (TPSA) is 84.9 Å². The number of nitrogens with one attached hydrogen (secondary N) is 2. The SMILES string of the molecule is Brc1cccc(Nc2ncnc3cnc(NC4CCOC4)nc23)c1. The lowest BCUT2D eigenvalue weighted by Crippen LogP contribution is -2.20. The molecule has 1 atom stereocenters. The van der Waals surface area contributed by atoms with E-state index in [0.29, 0.717) is 29.4 Å². The molecule has 0 amide bonds. The van der Waals surface area contributed by atoms with Crippen LogP contribution in [0.25, 0.3) is 11.0 Å². The minimum atomic E-state index is 0.244. The molecule has 8 heteroatoms. The molecular weight excluding hydrogens is 372 g/mol. The van der Waals surface area contributed by atoms with Gasteiger partial charge in [-0.15, -0.1) is 0 Å². The van der Waals surface area contributed by atoms with E-state index in [2.05, 4.69) is 46.5 Å². The van der Waals surface area contributed by atoms with Crippen molar-refractivity contribution in [3.63, 3.8) is 0 Å². The molecule has 3 aromatic rings. The number of halogens is 1. The Labute approximate surface area is 147 Å². The predicted molar refractivity (Wildman–Crippen MR) is 95.4 cm³/mol. The number of benzene rings is 1. The molecular formula is C16H15BrN6O. The number of hydrogen-bond donors (Lipinski definition) is 2. The van der Waals surface area contributed by atoms with Crippen LogP contribution in [0, 0.1) is 0 Å². The molecule has 2 N–H and O–H groups in total. The predicted octanol–water partition coefficient (Wildman–Crippen LogP) is 3.13. The molecule has 0 radical (unpaired) electrons. The largest absolute Gasteiger partial charge is 0.379 e. The Bertz CT molecular complexity index is 868. The Morgan fingerprint density at radius 3 is 3.00 bits per heavy atom. The van der Waals surface area contributed by atoms with Crippen LogP contribution in [0.1, 0.15) is 6.42 Å². The van der Waals surface area contributed by atoms with Gasteiger partial charge in [0.15, 0.2) is 5.82 Å². The molecule has 0 bridgehead atoms. The summed E-state index contributed by atoms with van der Waals surface area (Å²) >= 11 is 3.47. The van der Waals surface area contributed by atoms with Gasteiger partial charge in [0.1, 0.15) is 17.4 Å². The van der Waals surface area contributed by atoms with Crippen molar-refractivity contribution in [2.75, 3.05) is 23.8 Å². The van der Waals surface area contributed by atoms with Gasteiger partial charge in [-0.05, 0) is 24.6 Å². The lowest BCUT2D eigenvalue weighted by atomic mass is 10.3. The molecule has 1 saturated heterocycles. The fraction of sp³-hybridized carbons (Fsp3) is 0.250. The van der Waals surface area contributed by atoms with Gasteiger partial charge in [-0.2, -0.15) is 0 Å². The van der Waals surface area contributed by atoms with Crippen molar-refractivity contribution in [2.45, 2.75) is 12.5 Å². The van der Waals surface area contributed by atoms with Crippen LogP contribution in [0.15, 0.2) is 41.3 Å². The Hall–Kier alpha value is -2.32. The first-order valence-electron chi connectivity index (χ1n) is 7.62. The standard InChI is InChI=1S/C16H15BrN6O/c17-10-2-1-3-11(6-10)21-15-14-13(19-9-20-15)7-18-16(23-14)22-12-4-5-24-8-12/h1-3,6-7,9,12H,4-5,8H2,(H,18,22,23)(H,19,20,21). The molecule has 24 heavy (non-hydrogen) atoms. The molecule has 7 nitrogen and oxygen atoms in total. The molecule has 1 aromatic carbocycles. The molecule has 0 spiro atoms. The van der Waals surface area contributed by atoms with E-state index in [1.807, 2.05) is 24.3 Å². The number of ether oxygens (including phenoxy) is 1. The number of fused-ring (bicyclic) bond motifs is 1. The number of hydrogen-bond acceptors (Lipinski definition) is 7. The third kappa shape index (κ3) is 3.29. The highest BCUT2D eigenvalue weighted by molar-refractivity contribution is 9.10. The van der Waals surface area contributed by atoms with E-state index in [0.717, 1.165) is 23.2 Å². The summed E-state index contributed by atoms with van der Waals surface area (Å²) in [7, 11) is 0. The van der Waals surface area contributed by atoms with E-state index in [4.69, 9.17) is 4.74 Å². The Morgan fingerprint density at radius 2 is 2.17 bits per heavy atom. The molecule has 1 aliphatic rings. The average molecular weight is 387 g/mol. The molecule has 0 aliphatic carbocycles. The monoisotopic (exact) mass is 386 g/mol. The second-order valence-corrected chi connectivity index (χ2v) is 6.41. The molecule has 122 valence electrons. The summed E-state index contributed by atoms with van der Waals surface area (Å²) in [6.45, 7) is 1.44. The maximum Gasteiger partial charge on any atom is 0.223 e. The molecule has 3 heterocycles. The van der Waals surface area contributed by atoms with E-state index in [1.54, 1.807) is 6.20 Å². The second kappa shape index (κ2) is 6.66. The summed E-state index contributed by atoms with van der Waals surface area (Å²) in [5.41, 5.74) is 2.28. The van der Waals surface area contributed by atoms with Crippen LogP contribution in [-0.2, 0) is 4.74 Å². The van der Waals surface area contributed by atoms with Gasteiger partial charge in [0.05, 0.1) is 18.8 Å². The summed E-state index contributed by atoms with van der Waals surface area (Å²) in [6, 6.07) is 8.11. The second-order valence-electron chi connectivity index (χ2n) is 5.49. The van der Waals surface area contributed by atoms with Crippen LogP contribution < -0.4 is 10.6 Å². The van der Waals surface area contributed by atoms with Crippen molar-refractivity contribution in [3.8, 4) is 0 Å². The fourth-order valence-electron chi connectivity index (χ4n) is 2.55. The highest BCUT2D eigenvalue weighted by Crippen LogP contribution is 2.24. The van der Waals surface area contributed by atoms with Crippen LogP contribution in [0.4, 0.5) is 17.5 Å². The van der Waals surface area contributed by atoms with Gasteiger partial charge < -0.3 is 15.4 Å². The molecule has 1 fully saturated rings. The maximum absolute atomic E-state index is 5.37. The highest BCUT2D eigenvalue weighted by atomic mass is 79.9. The summed E-state index contributed by atoms with van der Waals surface area (Å²) in [4.78, 5) is 17.5. The number of nitrogens with zero attached hydrogens (tertiary/aromatic N) is 4. The maximum atomic E-state index is 5.37. The lowest BCUT2D eigenvalue weighted by molar-refractivity contribution is 0.195. The first-order chi connectivity index (χ1) is 11.8. The summed E-state index contributed by atoms with van der Waals surface area (Å²) in [5, 5.41) is 6.58. The summed E-state index contributed by atoms with van der Waals surface area (Å²) in [6.07, 6.45) is 4.16. The zero-order valence-corrected chi connectivity index (χ0v) is 14.3. The molecule has 1 aliphatic heterocycles. The first kappa shape index (κ1) is 15.2. The Morgan fingerprint density at radius 1 is 1.21 bits per heavy atom. The average Bonchev–Trinajstić information content (AvgIpc) is 3.08. The van der Waals surface area contributed by atoms with Gasteiger partial charge in [0, 0.05) is 16.8 Å². The van der Waals surface area contributed by atoms with Crippen LogP contribution in [0.5, 0.6) is 0 Å². The molecule has 0 saturated carbocycles. The quantitative estimate of drug-likeness (QED) is 0.712. The zero-order chi connectivity index (χ0) is 16.4. The molecule has 2 aromatic heterocycles. The summed E-state index contributed by atoms with van der Waals surface area (Å²) < 4.78 is 6.36. The van der Waals surface area contributed by atoms with Gasteiger partial charge in [-0.3, -0.25) is 0 Å². The van der Waals surface area contributed by atoms with Gasteiger partial charge in [-0.1, -0.05) is 22.0 Å². The Kier molecular flexibility index (Phi) is 4.22. The van der Waals surface area contributed by atoms with Crippen molar-refractivity contribution in [2.24, 2.45) is 0 Å². The normalized spacial score (nSPS) is 17.1. The van der Waals surface area contributed by atoms with Crippen LogP contribution in [0.2, 0.25) is 0 Å². The minimum absolute atomic E-state index is 0.244. The Balaban J connectivity index is 1.66. The van der Waals surface area contributed by atoms with Crippen LogP contribution in [0.3, 0.4) is 0 Å². The zero-order valence-electron chi connectivity index (χ0n) is 12.7. The van der Waals surface area contributed by atoms with E-state index >= 15 is 0 Å². The number of aromatic nitrogens is 4. The van der Waals surface area contributed by atoms with Gasteiger partial charge in [-0.25, -0.2) is 19.9 Å². The van der Waals surface area contributed by atoms with E-state index in [-0.39, 0.29) is 6.04 Å². The number of anilines is 3. The first-order valence-corrected chi connectivity index (χ1v) is 8.42. The number of rotatable bonds is 4. The highest BCUT2D eigenvalue weighted by Gasteiger charge is 2.17. The van der Waals surface area contributed by atoms with E-state index in [1.165, 1.54) is 6.33 Å². The molecule has 1 unspecified atom stereocenters. The van der Waals surface area contributed by atoms with Gasteiger partial charge >= 0.3 is 0 Å². The third-order valence-corrected chi connectivity index (χ3v) is 4.22. The van der Waals surface area contributed by atoms with Crippen molar-refractivity contribution >= 4 is 44.4 Å². The van der Waals surface area contributed by atoms with Crippen molar-refractivity contribution in [1.82, 2.24) is 19.9 Å². The molecule has 4 rings (SSSR count). The van der Waals surface area contributed by atoms with Crippen LogP contribution in [-0.4, -0.2) is 39.2 Å². The van der Waals surface area contributed by atoms with Gasteiger partial charge in [0.25, 0.3) is 0 Å². The summed E-state index contributed by atoms with van der Waals surface area (Å²) in [5.74, 6) is 1.20.